The van der Waals surface area contributed by atoms with Crippen LogP contribution < -0.4 is 10.6 Å². The van der Waals surface area contributed by atoms with Crippen LogP contribution in [-0.4, -0.2) is 23.5 Å². The SMILES string of the molecule is Cc1cc(CNC(=O)CCNC(=O)c2cc(F)ccc2Br)on1. The maximum Gasteiger partial charge on any atom is 0.252 e. The lowest BCUT2D eigenvalue weighted by atomic mass is 10.2. The molecule has 0 saturated heterocycles. The molecule has 2 amide bonds. The number of halogens is 2. The summed E-state index contributed by atoms with van der Waals surface area (Å²) in [7, 11) is 0. The van der Waals surface area contributed by atoms with E-state index < -0.39 is 11.7 Å². The molecular weight excluding hydrogens is 369 g/mol. The second-order valence-electron chi connectivity index (χ2n) is 4.84. The normalized spacial score (nSPS) is 10.4. The minimum absolute atomic E-state index is 0.103. The Morgan fingerprint density at radius 2 is 2.09 bits per heavy atom. The molecule has 0 fully saturated rings. The van der Waals surface area contributed by atoms with Crippen LogP contribution >= 0.6 is 15.9 Å². The van der Waals surface area contributed by atoms with Gasteiger partial charge in [-0.1, -0.05) is 5.16 Å². The van der Waals surface area contributed by atoms with Gasteiger partial charge in [-0.2, -0.15) is 0 Å². The van der Waals surface area contributed by atoms with Crippen molar-refractivity contribution in [3.63, 3.8) is 0 Å². The first-order chi connectivity index (χ1) is 11.0. The smallest absolute Gasteiger partial charge is 0.252 e. The van der Waals surface area contributed by atoms with Gasteiger partial charge in [-0.05, 0) is 41.1 Å². The molecule has 122 valence electrons. The van der Waals surface area contributed by atoms with Gasteiger partial charge < -0.3 is 15.2 Å². The second kappa shape index (κ2) is 7.87. The summed E-state index contributed by atoms with van der Waals surface area (Å²) in [4.78, 5) is 23.6. The Morgan fingerprint density at radius 1 is 1.30 bits per heavy atom. The molecule has 0 atom stereocenters. The Kier molecular flexibility index (Phi) is 5.86. The van der Waals surface area contributed by atoms with Crippen molar-refractivity contribution in [2.24, 2.45) is 0 Å². The van der Waals surface area contributed by atoms with Crippen LogP contribution in [0.1, 0.15) is 28.2 Å². The van der Waals surface area contributed by atoms with Crippen molar-refractivity contribution in [1.82, 2.24) is 15.8 Å². The van der Waals surface area contributed by atoms with Gasteiger partial charge in [0.2, 0.25) is 5.91 Å². The zero-order valence-electron chi connectivity index (χ0n) is 12.4. The summed E-state index contributed by atoms with van der Waals surface area (Å²) in [6.45, 7) is 2.17. The van der Waals surface area contributed by atoms with Crippen LogP contribution in [0.5, 0.6) is 0 Å². The number of nitrogens with zero attached hydrogens (tertiary/aromatic N) is 1. The van der Waals surface area contributed by atoms with Crippen LogP contribution in [-0.2, 0) is 11.3 Å². The number of rotatable bonds is 6. The molecule has 1 aromatic heterocycles. The molecule has 0 radical (unpaired) electrons. The maximum absolute atomic E-state index is 13.1. The summed E-state index contributed by atoms with van der Waals surface area (Å²) in [5, 5.41) is 8.93. The summed E-state index contributed by atoms with van der Waals surface area (Å²) in [6.07, 6.45) is 0.103. The zero-order chi connectivity index (χ0) is 16.8. The molecule has 2 N–H and O–H groups in total. The minimum atomic E-state index is -0.501. The van der Waals surface area contributed by atoms with Crippen molar-refractivity contribution in [1.29, 1.82) is 0 Å². The van der Waals surface area contributed by atoms with E-state index in [2.05, 4.69) is 31.7 Å². The summed E-state index contributed by atoms with van der Waals surface area (Å²) in [5.74, 6) is -0.630. The average molecular weight is 384 g/mol. The van der Waals surface area contributed by atoms with E-state index in [9.17, 15) is 14.0 Å². The number of carbonyl (C=O) groups is 2. The first-order valence-electron chi connectivity index (χ1n) is 6.88. The van der Waals surface area contributed by atoms with Crippen LogP contribution in [0, 0.1) is 12.7 Å². The second-order valence-corrected chi connectivity index (χ2v) is 5.70. The summed E-state index contributed by atoms with van der Waals surface area (Å²) in [5.41, 5.74) is 0.921. The molecule has 2 rings (SSSR count). The topological polar surface area (TPSA) is 84.2 Å². The van der Waals surface area contributed by atoms with Gasteiger partial charge in [-0.25, -0.2) is 4.39 Å². The van der Waals surface area contributed by atoms with E-state index in [1.54, 1.807) is 13.0 Å². The molecule has 0 spiro atoms. The van der Waals surface area contributed by atoms with Crippen LogP contribution in [0.25, 0.3) is 0 Å². The molecule has 0 bridgehead atoms. The van der Waals surface area contributed by atoms with Gasteiger partial charge >= 0.3 is 0 Å². The van der Waals surface area contributed by atoms with Crippen LogP contribution in [0.3, 0.4) is 0 Å². The highest BCUT2D eigenvalue weighted by atomic mass is 79.9. The van der Waals surface area contributed by atoms with Gasteiger partial charge in [-0.3, -0.25) is 9.59 Å². The van der Waals surface area contributed by atoms with E-state index in [0.717, 1.165) is 11.8 Å². The zero-order valence-corrected chi connectivity index (χ0v) is 13.9. The molecule has 0 aliphatic heterocycles. The van der Waals surface area contributed by atoms with Gasteiger partial charge in [0.05, 0.1) is 17.8 Å². The fourth-order valence-electron chi connectivity index (χ4n) is 1.83. The van der Waals surface area contributed by atoms with Crippen molar-refractivity contribution in [3.8, 4) is 0 Å². The molecule has 0 saturated carbocycles. The van der Waals surface area contributed by atoms with Crippen molar-refractivity contribution in [2.45, 2.75) is 19.9 Å². The fourth-order valence-corrected chi connectivity index (χ4v) is 2.26. The minimum Gasteiger partial charge on any atom is -0.359 e. The number of hydrogen-bond acceptors (Lipinski definition) is 4. The van der Waals surface area contributed by atoms with Crippen LogP contribution in [0.15, 0.2) is 33.3 Å². The van der Waals surface area contributed by atoms with E-state index >= 15 is 0 Å². The molecule has 0 aliphatic rings. The van der Waals surface area contributed by atoms with E-state index in [4.69, 9.17) is 4.52 Å². The lowest BCUT2D eigenvalue weighted by Gasteiger charge is -2.07. The van der Waals surface area contributed by atoms with Crippen molar-refractivity contribution < 1.29 is 18.5 Å². The molecule has 8 heteroatoms. The van der Waals surface area contributed by atoms with Crippen LogP contribution in [0.4, 0.5) is 4.39 Å². The van der Waals surface area contributed by atoms with Crippen molar-refractivity contribution >= 4 is 27.7 Å². The average Bonchev–Trinajstić information content (AvgIpc) is 2.93. The Labute approximate surface area is 140 Å². The maximum atomic E-state index is 13.1. The van der Waals surface area contributed by atoms with Gasteiger partial charge in [0.15, 0.2) is 5.76 Å². The Hall–Kier alpha value is -2.22. The predicted octanol–water partition coefficient (Wildman–Crippen LogP) is 2.32. The number of aryl methyl sites for hydroxylation is 1. The van der Waals surface area contributed by atoms with Gasteiger partial charge in [-0.15, -0.1) is 0 Å². The van der Waals surface area contributed by atoms with Crippen molar-refractivity contribution in [2.75, 3.05) is 6.54 Å². The van der Waals surface area contributed by atoms with E-state index in [0.29, 0.717) is 10.2 Å². The lowest BCUT2D eigenvalue weighted by molar-refractivity contribution is -0.121. The first-order valence-corrected chi connectivity index (χ1v) is 7.67. The summed E-state index contributed by atoms with van der Waals surface area (Å²) in [6, 6.07) is 5.56. The first kappa shape index (κ1) is 17.1. The highest BCUT2D eigenvalue weighted by molar-refractivity contribution is 9.10. The monoisotopic (exact) mass is 383 g/mol. The van der Waals surface area contributed by atoms with E-state index in [1.165, 1.54) is 12.1 Å². The molecular formula is C15H15BrFN3O3. The standard InChI is InChI=1S/C15H15BrFN3O3/c1-9-6-11(23-20-9)8-19-14(21)4-5-18-15(22)12-7-10(17)2-3-13(12)16/h2-3,6-7H,4-5,8H2,1H3,(H,18,22)(H,19,21). The van der Waals surface area contributed by atoms with Gasteiger partial charge in [0, 0.05) is 23.5 Å². The summed E-state index contributed by atoms with van der Waals surface area (Å²) < 4.78 is 18.6. The quantitative estimate of drug-likeness (QED) is 0.801. The number of benzene rings is 1. The van der Waals surface area contributed by atoms with Gasteiger partial charge in [0.25, 0.3) is 5.91 Å². The molecule has 0 unspecified atom stereocenters. The fraction of sp³-hybridized carbons (Fsp3) is 0.267. The summed E-state index contributed by atoms with van der Waals surface area (Å²) >= 11 is 3.18. The van der Waals surface area contributed by atoms with Gasteiger partial charge in [0.1, 0.15) is 5.82 Å². The number of aromatic nitrogens is 1. The Bertz CT molecular complexity index is 718. The molecule has 1 aromatic carbocycles. The third-order valence-corrected chi connectivity index (χ3v) is 3.64. The predicted molar refractivity (Wildman–Crippen MR) is 84.1 cm³/mol. The highest BCUT2D eigenvalue weighted by Crippen LogP contribution is 2.17. The molecule has 6 nitrogen and oxygen atoms in total. The lowest BCUT2D eigenvalue weighted by Crippen LogP contribution is -2.30. The van der Waals surface area contributed by atoms with E-state index in [-0.39, 0.29) is 31.0 Å². The Balaban J connectivity index is 1.74. The largest absolute Gasteiger partial charge is 0.359 e. The third kappa shape index (κ3) is 5.17. The highest BCUT2D eigenvalue weighted by Gasteiger charge is 2.11. The molecule has 1 heterocycles. The van der Waals surface area contributed by atoms with Crippen LogP contribution in [0.2, 0.25) is 0 Å². The number of carbonyl (C=O) groups excluding carboxylic acids is 2. The number of hydrogen-bond donors (Lipinski definition) is 2. The molecule has 23 heavy (non-hydrogen) atoms. The van der Waals surface area contributed by atoms with Crippen molar-refractivity contribution in [3.05, 3.63) is 51.6 Å². The molecule has 0 aliphatic carbocycles. The number of nitrogens with one attached hydrogen (secondary N) is 2. The molecule has 2 aromatic rings. The Morgan fingerprint density at radius 3 is 2.78 bits per heavy atom. The number of amides is 2. The third-order valence-electron chi connectivity index (χ3n) is 2.95. The van der Waals surface area contributed by atoms with E-state index in [1.807, 2.05) is 0 Å².